The molecule has 0 amide bonds. The largest absolute Gasteiger partial charge is 0.497 e. The monoisotopic (exact) mass is 430 g/mol. The van der Waals surface area contributed by atoms with E-state index >= 15 is 0 Å². The molecule has 1 atom stereocenters. The number of hydrogen-bond acceptors (Lipinski definition) is 5. The van der Waals surface area contributed by atoms with Gasteiger partial charge in [0.2, 0.25) is 6.73 Å². The molecule has 6 nitrogen and oxygen atoms in total. The maximum Gasteiger partial charge on any atom is 0.336 e. The minimum absolute atomic E-state index is 0.367. The van der Waals surface area contributed by atoms with Gasteiger partial charge in [-0.15, -0.1) is 0 Å². The number of ether oxygens (including phenoxy) is 3. The van der Waals surface area contributed by atoms with E-state index in [0.717, 1.165) is 44.9 Å². The molecule has 162 valence electrons. The Balaban J connectivity index is 1.53. The van der Waals surface area contributed by atoms with Crippen LogP contribution in [0.15, 0.2) is 75.9 Å². The quantitative estimate of drug-likeness (QED) is 0.492. The van der Waals surface area contributed by atoms with Crippen LogP contribution >= 0.6 is 0 Å². The first-order valence-corrected chi connectivity index (χ1v) is 10.5. The van der Waals surface area contributed by atoms with Crippen LogP contribution in [0.2, 0.25) is 0 Å². The number of fused-ring (bicyclic) bond motifs is 3. The van der Waals surface area contributed by atoms with Gasteiger partial charge in [0.25, 0.3) is 0 Å². The molecule has 32 heavy (non-hydrogen) atoms. The summed E-state index contributed by atoms with van der Waals surface area (Å²) in [5.74, 6) is 2.29. The smallest absolute Gasteiger partial charge is 0.336 e. The fourth-order valence-corrected chi connectivity index (χ4v) is 4.28. The van der Waals surface area contributed by atoms with E-state index in [1.54, 1.807) is 20.3 Å². The van der Waals surface area contributed by atoms with Gasteiger partial charge in [-0.1, -0.05) is 30.3 Å². The predicted octanol–water partition coefficient (Wildman–Crippen LogP) is 3.41. The standard InChI is InChI=1S/C26H23NO5/c1-29-19-9-8-18(24(12-19)30-2)14-27-15-22-23(31-16-27)11-10-20-21(13-25(28)32-26(20)22)17-6-4-3-5-7-17/h3-13H,14-16H2,1-2H3/p+1. The van der Waals surface area contributed by atoms with E-state index < -0.39 is 0 Å². The summed E-state index contributed by atoms with van der Waals surface area (Å²) < 4.78 is 22.6. The van der Waals surface area contributed by atoms with Gasteiger partial charge in [0, 0.05) is 23.1 Å². The molecule has 0 saturated heterocycles. The summed E-state index contributed by atoms with van der Waals surface area (Å²) in [5.41, 5.74) is 4.03. The molecule has 1 unspecified atom stereocenters. The number of rotatable bonds is 5. The zero-order valence-corrected chi connectivity index (χ0v) is 18.0. The first kappa shape index (κ1) is 20.2. The molecule has 0 spiro atoms. The molecular formula is C26H24NO5+. The first-order chi connectivity index (χ1) is 15.7. The molecule has 0 radical (unpaired) electrons. The summed E-state index contributed by atoms with van der Waals surface area (Å²) in [6.45, 7) is 1.88. The van der Waals surface area contributed by atoms with E-state index in [9.17, 15) is 4.79 Å². The lowest BCUT2D eigenvalue weighted by molar-refractivity contribution is -0.945. The maximum atomic E-state index is 12.4. The molecule has 0 fully saturated rings. The topological polar surface area (TPSA) is 62.3 Å². The number of hydrogen-bond donors (Lipinski definition) is 1. The zero-order valence-electron chi connectivity index (χ0n) is 18.0. The zero-order chi connectivity index (χ0) is 22.1. The molecule has 1 aromatic heterocycles. The lowest BCUT2D eigenvalue weighted by Gasteiger charge is -2.27. The van der Waals surface area contributed by atoms with E-state index in [-0.39, 0.29) is 5.63 Å². The molecule has 5 rings (SSSR count). The van der Waals surface area contributed by atoms with Crippen LogP contribution in [-0.4, -0.2) is 21.0 Å². The fourth-order valence-electron chi connectivity index (χ4n) is 4.28. The second kappa shape index (κ2) is 8.40. The van der Waals surface area contributed by atoms with Crippen molar-refractivity contribution in [3.63, 3.8) is 0 Å². The van der Waals surface area contributed by atoms with Gasteiger partial charge in [0.05, 0.1) is 19.8 Å². The predicted molar refractivity (Wildman–Crippen MR) is 121 cm³/mol. The van der Waals surface area contributed by atoms with Crippen molar-refractivity contribution in [2.45, 2.75) is 13.1 Å². The normalized spacial score (nSPS) is 15.1. The third-order valence-electron chi connectivity index (χ3n) is 5.85. The van der Waals surface area contributed by atoms with Crippen molar-refractivity contribution in [3.05, 3.63) is 88.3 Å². The van der Waals surface area contributed by atoms with E-state index in [2.05, 4.69) is 0 Å². The summed E-state index contributed by atoms with van der Waals surface area (Å²) in [4.78, 5) is 13.6. The lowest BCUT2D eigenvalue weighted by Crippen LogP contribution is -3.10. The number of quaternary nitrogens is 1. The molecule has 0 saturated carbocycles. The highest BCUT2D eigenvalue weighted by atomic mass is 16.5. The highest BCUT2D eigenvalue weighted by Gasteiger charge is 2.26. The van der Waals surface area contributed by atoms with E-state index in [4.69, 9.17) is 18.6 Å². The van der Waals surface area contributed by atoms with E-state index in [1.807, 2.05) is 60.7 Å². The van der Waals surface area contributed by atoms with Gasteiger partial charge >= 0.3 is 5.63 Å². The van der Waals surface area contributed by atoms with Crippen LogP contribution in [0.5, 0.6) is 17.2 Å². The van der Waals surface area contributed by atoms with Crippen LogP contribution in [0.1, 0.15) is 11.1 Å². The van der Waals surface area contributed by atoms with Crippen LogP contribution in [-0.2, 0) is 13.1 Å². The summed E-state index contributed by atoms with van der Waals surface area (Å²) in [6.07, 6.45) is 0. The Kier molecular flexibility index (Phi) is 5.29. The van der Waals surface area contributed by atoms with Crippen molar-refractivity contribution in [2.75, 3.05) is 21.0 Å². The molecule has 1 aliphatic heterocycles. The maximum absolute atomic E-state index is 12.4. The van der Waals surface area contributed by atoms with Crippen molar-refractivity contribution in [1.29, 1.82) is 0 Å². The van der Waals surface area contributed by atoms with Crippen LogP contribution in [0.3, 0.4) is 0 Å². The summed E-state index contributed by atoms with van der Waals surface area (Å²) >= 11 is 0. The van der Waals surface area contributed by atoms with Gasteiger partial charge in [-0.2, -0.15) is 0 Å². The second-order valence-electron chi connectivity index (χ2n) is 7.83. The SMILES string of the molecule is COc1ccc(C[NH+]2COc3ccc4c(-c5ccccc5)cc(=O)oc4c3C2)c(OC)c1. The van der Waals surface area contributed by atoms with Gasteiger partial charge in [-0.05, 0) is 35.4 Å². The lowest BCUT2D eigenvalue weighted by atomic mass is 9.99. The van der Waals surface area contributed by atoms with Gasteiger partial charge < -0.3 is 18.6 Å². The summed E-state index contributed by atoms with van der Waals surface area (Å²) in [6, 6.07) is 21.2. The molecule has 3 aromatic carbocycles. The van der Waals surface area contributed by atoms with Gasteiger partial charge in [0.1, 0.15) is 30.3 Å². The third-order valence-corrected chi connectivity index (χ3v) is 5.85. The van der Waals surface area contributed by atoms with Gasteiger partial charge in [-0.25, -0.2) is 4.79 Å². The Hall–Kier alpha value is -3.77. The van der Waals surface area contributed by atoms with Crippen molar-refractivity contribution in [1.82, 2.24) is 0 Å². The van der Waals surface area contributed by atoms with Gasteiger partial charge in [-0.3, -0.25) is 4.90 Å². The average molecular weight is 430 g/mol. The van der Waals surface area contributed by atoms with Crippen LogP contribution in [0.4, 0.5) is 0 Å². The molecule has 6 heteroatoms. The van der Waals surface area contributed by atoms with Crippen molar-refractivity contribution in [2.24, 2.45) is 0 Å². The minimum Gasteiger partial charge on any atom is -0.497 e. The van der Waals surface area contributed by atoms with Crippen molar-refractivity contribution >= 4 is 11.0 Å². The average Bonchev–Trinajstić information content (AvgIpc) is 2.84. The fraction of sp³-hybridized carbons (Fsp3) is 0.192. The first-order valence-electron chi connectivity index (χ1n) is 10.5. The summed E-state index contributed by atoms with van der Waals surface area (Å²) in [7, 11) is 3.29. The number of nitrogens with one attached hydrogen (secondary N) is 1. The molecule has 4 aromatic rings. The Morgan fingerprint density at radius 2 is 1.81 bits per heavy atom. The minimum atomic E-state index is -0.367. The third kappa shape index (κ3) is 3.69. The molecule has 0 aliphatic carbocycles. The molecule has 1 N–H and O–H groups in total. The van der Waals surface area contributed by atoms with Crippen molar-refractivity contribution < 1.29 is 23.5 Å². The van der Waals surface area contributed by atoms with Crippen LogP contribution < -0.4 is 24.7 Å². The van der Waals surface area contributed by atoms with E-state index in [0.29, 0.717) is 25.4 Å². The number of benzene rings is 3. The second-order valence-corrected chi connectivity index (χ2v) is 7.83. The molecule has 1 aliphatic rings. The van der Waals surface area contributed by atoms with Crippen molar-refractivity contribution in [3.8, 4) is 28.4 Å². The van der Waals surface area contributed by atoms with Gasteiger partial charge in [0.15, 0.2) is 5.58 Å². The summed E-state index contributed by atoms with van der Waals surface area (Å²) in [5, 5.41) is 0.904. The van der Waals surface area contributed by atoms with Crippen LogP contribution in [0.25, 0.3) is 22.1 Å². The highest BCUT2D eigenvalue weighted by molar-refractivity contribution is 5.95. The molecular weight excluding hydrogens is 406 g/mol. The Bertz CT molecular complexity index is 1330. The van der Waals surface area contributed by atoms with E-state index in [1.165, 1.54) is 4.90 Å². The Morgan fingerprint density at radius 1 is 0.969 bits per heavy atom. The number of methoxy groups -OCH3 is 2. The Labute approximate surface area is 185 Å². The van der Waals surface area contributed by atoms with Crippen LogP contribution in [0, 0.1) is 0 Å². The molecule has 2 heterocycles. The highest BCUT2D eigenvalue weighted by Crippen LogP contribution is 2.34. The molecule has 0 bridgehead atoms. The Morgan fingerprint density at radius 3 is 2.59 bits per heavy atom.